The van der Waals surface area contributed by atoms with Gasteiger partial charge in [-0.3, -0.25) is 0 Å². The molecular formula is C28H31N7O2. The van der Waals surface area contributed by atoms with Crippen molar-refractivity contribution >= 4 is 22.7 Å². The van der Waals surface area contributed by atoms with Gasteiger partial charge in [0.15, 0.2) is 11.5 Å². The van der Waals surface area contributed by atoms with E-state index in [2.05, 4.69) is 59.3 Å². The molecule has 2 aliphatic rings. The zero-order chi connectivity index (χ0) is 25.0. The minimum absolute atomic E-state index is 0.141. The molecule has 2 saturated heterocycles. The molecule has 4 aromatic rings. The first-order chi connectivity index (χ1) is 18.3. The van der Waals surface area contributed by atoms with Crippen LogP contribution in [0.5, 0.6) is 11.5 Å². The van der Waals surface area contributed by atoms with Gasteiger partial charge in [-0.25, -0.2) is 19.9 Å². The molecule has 1 atom stereocenters. The molecule has 0 bridgehead atoms. The van der Waals surface area contributed by atoms with Crippen molar-refractivity contribution in [3.05, 3.63) is 72.3 Å². The second kappa shape index (κ2) is 10.6. The van der Waals surface area contributed by atoms with Crippen LogP contribution >= 0.6 is 0 Å². The fourth-order valence-electron chi connectivity index (χ4n) is 5.01. The molecule has 0 spiro atoms. The normalized spacial score (nSPS) is 17.8. The summed E-state index contributed by atoms with van der Waals surface area (Å²) in [5.74, 6) is 3.12. The summed E-state index contributed by atoms with van der Waals surface area (Å²) in [6.07, 6.45) is 7.46. The van der Waals surface area contributed by atoms with Gasteiger partial charge in [0.1, 0.15) is 18.2 Å². The van der Waals surface area contributed by atoms with E-state index in [4.69, 9.17) is 9.47 Å². The molecule has 0 saturated carbocycles. The predicted octanol–water partition coefficient (Wildman–Crippen LogP) is 3.09. The fourth-order valence-corrected chi connectivity index (χ4v) is 5.01. The van der Waals surface area contributed by atoms with Crippen molar-refractivity contribution in [1.29, 1.82) is 0 Å². The first-order valence-electron chi connectivity index (χ1n) is 12.8. The smallest absolute Gasteiger partial charge is 0.225 e. The molecule has 0 aliphatic carbocycles. The third-order valence-corrected chi connectivity index (χ3v) is 7.01. The van der Waals surface area contributed by atoms with Gasteiger partial charge in [0.25, 0.3) is 0 Å². The number of rotatable bonds is 7. The van der Waals surface area contributed by atoms with Gasteiger partial charge < -0.3 is 24.6 Å². The molecule has 6 rings (SSSR count). The third kappa shape index (κ3) is 5.13. The molecule has 37 heavy (non-hydrogen) atoms. The minimum Gasteiger partial charge on any atom is -0.493 e. The number of fused-ring (bicyclic) bond motifs is 1. The molecule has 4 heterocycles. The van der Waals surface area contributed by atoms with Crippen LogP contribution in [-0.2, 0) is 6.42 Å². The molecule has 0 radical (unpaired) electrons. The summed E-state index contributed by atoms with van der Waals surface area (Å²) < 4.78 is 11.9. The number of nitrogens with zero attached hydrogens (tertiary/aromatic N) is 6. The molecule has 9 heteroatoms. The van der Waals surface area contributed by atoms with E-state index in [0.29, 0.717) is 5.75 Å². The van der Waals surface area contributed by atoms with Gasteiger partial charge >= 0.3 is 0 Å². The highest BCUT2D eigenvalue weighted by atomic mass is 16.5. The Morgan fingerprint density at radius 1 is 0.892 bits per heavy atom. The zero-order valence-corrected chi connectivity index (χ0v) is 21.0. The molecule has 9 nitrogen and oxygen atoms in total. The Balaban J connectivity index is 1.16. The van der Waals surface area contributed by atoms with Crippen molar-refractivity contribution in [3.8, 4) is 11.5 Å². The summed E-state index contributed by atoms with van der Waals surface area (Å²) in [7, 11) is 1.67. The summed E-state index contributed by atoms with van der Waals surface area (Å²) in [4.78, 5) is 23.0. The number of methoxy groups -OCH3 is 1. The van der Waals surface area contributed by atoms with Crippen molar-refractivity contribution in [2.75, 3.05) is 56.2 Å². The summed E-state index contributed by atoms with van der Waals surface area (Å²) in [6.45, 7) is 5.08. The highest BCUT2D eigenvalue weighted by molar-refractivity contribution is 5.92. The van der Waals surface area contributed by atoms with E-state index in [1.807, 2.05) is 30.6 Å². The van der Waals surface area contributed by atoms with Crippen molar-refractivity contribution < 1.29 is 9.47 Å². The average molecular weight is 498 g/mol. The SMILES string of the molecule is COc1cc2ncnc(N3CCN(c4ncc(Cc5ccccc5)cn4)CC3)c2cc1OC1CCNC1. The molecular weight excluding hydrogens is 466 g/mol. The lowest BCUT2D eigenvalue weighted by Gasteiger charge is -2.35. The number of anilines is 2. The van der Waals surface area contributed by atoms with Crippen molar-refractivity contribution in [1.82, 2.24) is 25.3 Å². The minimum atomic E-state index is 0.141. The van der Waals surface area contributed by atoms with Crippen LogP contribution in [0.15, 0.2) is 61.2 Å². The van der Waals surface area contributed by atoms with Gasteiger partial charge in [-0.1, -0.05) is 30.3 Å². The van der Waals surface area contributed by atoms with Crippen LogP contribution in [0, 0.1) is 0 Å². The first kappa shape index (κ1) is 23.4. The van der Waals surface area contributed by atoms with Crippen LogP contribution in [0.2, 0.25) is 0 Å². The quantitative estimate of drug-likeness (QED) is 0.414. The Hall–Kier alpha value is -3.98. The maximum atomic E-state index is 6.28. The number of hydrogen-bond acceptors (Lipinski definition) is 9. The Bertz CT molecular complexity index is 1340. The van der Waals surface area contributed by atoms with E-state index in [0.717, 1.165) is 86.1 Å². The summed E-state index contributed by atoms with van der Waals surface area (Å²) in [5, 5.41) is 4.32. The van der Waals surface area contributed by atoms with Crippen LogP contribution in [-0.4, -0.2) is 72.4 Å². The first-order valence-corrected chi connectivity index (χ1v) is 12.8. The van der Waals surface area contributed by atoms with Gasteiger partial charge in [0.2, 0.25) is 5.95 Å². The topological polar surface area (TPSA) is 88.5 Å². The standard InChI is InChI=1S/C28H31N7O2/c1-36-25-15-24-23(14-26(25)37-22-7-8-29-18-22)27(33-19-32-24)34-9-11-35(12-10-34)28-30-16-21(17-31-28)13-20-5-3-2-4-6-20/h2-6,14-17,19,22,29H,7-13,18H2,1H3. The van der Waals surface area contributed by atoms with E-state index in [9.17, 15) is 0 Å². The van der Waals surface area contributed by atoms with Crippen molar-refractivity contribution in [3.63, 3.8) is 0 Å². The molecule has 190 valence electrons. The predicted molar refractivity (Wildman–Crippen MR) is 144 cm³/mol. The molecule has 1 unspecified atom stereocenters. The van der Waals surface area contributed by atoms with Crippen molar-refractivity contribution in [2.45, 2.75) is 18.9 Å². The monoisotopic (exact) mass is 497 g/mol. The van der Waals surface area contributed by atoms with E-state index < -0.39 is 0 Å². The number of piperazine rings is 1. The molecule has 2 aromatic carbocycles. The highest BCUT2D eigenvalue weighted by Crippen LogP contribution is 2.36. The molecule has 1 N–H and O–H groups in total. The lowest BCUT2D eigenvalue weighted by Crippen LogP contribution is -2.47. The molecule has 2 aromatic heterocycles. The second-order valence-corrected chi connectivity index (χ2v) is 9.48. The third-order valence-electron chi connectivity index (χ3n) is 7.01. The maximum Gasteiger partial charge on any atom is 0.225 e. The summed E-state index contributed by atoms with van der Waals surface area (Å²) >= 11 is 0. The Morgan fingerprint density at radius 2 is 1.68 bits per heavy atom. The number of aromatic nitrogens is 4. The Kier molecular flexibility index (Phi) is 6.68. The van der Waals surface area contributed by atoms with Crippen LogP contribution < -0.4 is 24.6 Å². The number of hydrogen-bond donors (Lipinski definition) is 1. The fraction of sp³-hybridized carbons (Fsp3) is 0.357. The second-order valence-electron chi connectivity index (χ2n) is 9.48. The van der Waals surface area contributed by atoms with Crippen LogP contribution in [0.3, 0.4) is 0 Å². The average Bonchev–Trinajstić information content (AvgIpc) is 3.47. The summed E-state index contributed by atoms with van der Waals surface area (Å²) in [5.41, 5.74) is 3.22. The van der Waals surface area contributed by atoms with Crippen LogP contribution in [0.25, 0.3) is 10.9 Å². The van der Waals surface area contributed by atoms with E-state index in [-0.39, 0.29) is 6.10 Å². The van der Waals surface area contributed by atoms with Crippen LogP contribution in [0.1, 0.15) is 17.5 Å². The van der Waals surface area contributed by atoms with E-state index in [1.54, 1.807) is 13.4 Å². The van der Waals surface area contributed by atoms with Gasteiger partial charge in [-0.2, -0.15) is 0 Å². The highest BCUT2D eigenvalue weighted by Gasteiger charge is 2.24. The molecule has 0 amide bonds. The van der Waals surface area contributed by atoms with Gasteiger partial charge in [-0.15, -0.1) is 0 Å². The van der Waals surface area contributed by atoms with Gasteiger partial charge in [0.05, 0.1) is 12.6 Å². The Labute approximate surface area is 216 Å². The lowest BCUT2D eigenvalue weighted by atomic mass is 10.1. The van der Waals surface area contributed by atoms with E-state index in [1.165, 1.54) is 5.56 Å². The number of nitrogens with one attached hydrogen (secondary N) is 1. The van der Waals surface area contributed by atoms with Gasteiger partial charge in [0, 0.05) is 63.0 Å². The Morgan fingerprint density at radius 3 is 2.41 bits per heavy atom. The number of ether oxygens (including phenoxy) is 2. The van der Waals surface area contributed by atoms with E-state index >= 15 is 0 Å². The lowest BCUT2D eigenvalue weighted by molar-refractivity contribution is 0.213. The molecule has 2 fully saturated rings. The largest absolute Gasteiger partial charge is 0.493 e. The number of benzene rings is 2. The summed E-state index contributed by atoms with van der Waals surface area (Å²) in [6, 6.07) is 14.4. The maximum absolute atomic E-state index is 6.28. The van der Waals surface area contributed by atoms with Crippen LogP contribution in [0.4, 0.5) is 11.8 Å². The molecule has 2 aliphatic heterocycles. The van der Waals surface area contributed by atoms with Gasteiger partial charge in [-0.05, 0) is 30.2 Å². The zero-order valence-electron chi connectivity index (χ0n) is 21.0. The van der Waals surface area contributed by atoms with Crippen molar-refractivity contribution in [2.24, 2.45) is 0 Å².